The predicted octanol–water partition coefficient (Wildman–Crippen LogP) is 2.89. The lowest BCUT2D eigenvalue weighted by molar-refractivity contribution is 0.0512. The predicted molar refractivity (Wildman–Crippen MR) is 93.1 cm³/mol. The normalized spacial score (nSPS) is 11.8. The molecule has 0 aliphatic carbocycles. The van der Waals surface area contributed by atoms with Crippen molar-refractivity contribution in [1.82, 2.24) is 20.5 Å². The zero-order valence-electron chi connectivity index (χ0n) is 14.6. The number of H-pyrrole nitrogens is 1. The number of hydrogen-bond donors (Lipinski definition) is 3. The molecular formula is C17H23N5O3. The first-order chi connectivity index (χ1) is 12.0. The molecule has 0 fully saturated rings. The van der Waals surface area contributed by atoms with Gasteiger partial charge < -0.3 is 15.4 Å². The third kappa shape index (κ3) is 5.59. The molecule has 0 saturated heterocycles. The number of para-hydroxylation sites is 1. The first kappa shape index (κ1) is 18.4. The maximum atomic E-state index is 12.2. The van der Waals surface area contributed by atoms with Crippen LogP contribution < -0.4 is 10.6 Å². The van der Waals surface area contributed by atoms with Gasteiger partial charge in [0.1, 0.15) is 5.82 Å². The van der Waals surface area contributed by atoms with E-state index in [9.17, 15) is 9.59 Å². The van der Waals surface area contributed by atoms with Crippen LogP contribution in [-0.2, 0) is 4.74 Å². The SMILES string of the molecule is CCOC(=O)c1n[nH]c([C@@H](CC(C)C)NC(=O)Nc2ccccc2)n1. The Morgan fingerprint density at radius 2 is 1.96 bits per heavy atom. The fourth-order valence-electron chi connectivity index (χ4n) is 2.27. The van der Waals surface area contributed by atoms with E-state index in [2.05, 4.69) is 25.8 Å². The minimum Gasteiger partial charge on any atom is -0.460 e. The molecule has 1 aromatic carbocycles. The molecule has 25 heavy (non-hydrogen) atoms. The van der Waals surface area contributed by atoms with Gasteiger partial charge in [0, 0.05) is 5.69 Å². The highest BCUT2D eigenvalue weighted by Crippen LogP contribution is 2.18. The summed E-state index contributed by atoms with van der Waals surface area (Å²) >= 11 is 0. The van der Waals surface area contributed by atoms with E-state index >= 15 is 0 Å². The van der Waals surface area contributed by atoms with Crippen LogP contribution in [0.1, 0.15) is 49.7 Å². The largest absolute Gasteiger partial charge is 0.460 e. The lowest BCUT2D eigenvalue weighted by atomic mass is 10.0. The van der Waals surface area contributed by atoms with E-state index in [1.165, 1.54) is 0 Å². The zero-order valence-corrected chi connectivity index (χ0v) is 14.6. The molecule has 2 amide bonds. The van der Waals surface area contributed by atoms with Crippen LogP contribution >= 0.6 is 0 Å². The van der Waals surface area contributed by atoms with Gasteiger partial charge in [0.15, 0.2) is 0 Å². The molecule has 1 atom stereocenters. The van der Waals surface area contributed by atoms with Crippen molar-refractivity contribution in [2.24, 2.45) is 5.92 Å². The molecule has 8 heteroatoms. The van der Waals surface area contributed by atoms with Crippen LogP contribution in [0.25, 0.3) is 0 Å². The number of carbonyl (C=O) groups is 2. The molecule has 0 bridgehead atoms. The van der Waals surface area contributed by atoms with Crippen molar-refractivity contribution in [2.75, 3.05) is 11.9 Å². The summed E-state index contributed by atoms with van der Waals surface area (Å²) in [4.78, 5) is 28.1. The van der Waals surface area contributed by atoms with E-state index in [1.54, 1.807) is 19.1 Å². The van der Waals surface area contributed by atoms with Gasteiger partial charge in [0.05, 0.1) is 12.6 Å². The van der Waals surface area contributed by atoms with E-state index in [0.717, 1.165) is 0 Å². The lowest BCUT2D eigenvalue weighted by Crippen LogP contribution is -2.34. The summed E-state index contributed by atoms with van der Waals surface area (Å²) in [6.45, 7) is 6.02. The van der Waals surface area contributed by atoms with Crippen LogP contribution in [0.5, 0.6) is 0 Å². The van der Waals surface area contributed by atoms with E-state index in [4.69, 9.17) is 4.74 Å². The molecule has 2 rings (SSSR count). The van der Waals surface area contributed by atoms with Crippen LogP contribution in [0.3, 0.4) is 0 Å². The Bertz CT molecular complexity index is 699. The summed E-state index contributed by atoms with van der Waals surface area (Å²) in [5.74, 6) is 0.0797. The highest BCUT2D eigenvalue weighted by molar-refractivity contribution is 5.89. The van der Waals surface area contributed by atoms with E-state index < -0.39 is 12.0 Å². The summed E-state index contributed by atoms with van der Waals surface area (Å²) in [5, 5.41) is 12.2. The zero-order chi connectivity index (χ0) is 18.2. The molecule has 134 valence electrons. The van der Waals surface area contributed by atoms with Gasteiger partial charge in [0.25, 0.3) is 5.82 Å². The topological polar surface area (TPSA) is 109 Å². The summed E-state index contributed by atoms with van der Waals surface area (Å²) in [6.07, 6.45) is 0.639. The number of amides is 2. The van der Waals surface area contributed by atoms with E-state index in [1.807, 2.05) is 32.0 Å². The van der Waals surface area contributed by atoms with Gasteiger partial charge in [-0.25, -0.2) is 14.6 Å². The Morgan fingerprint density at radius 1 is 1.24 bits per heavy atom. The number of ether oxygens (including phenoxy) is 1. The quantitative estimate of drug-likeness (QED) is 0.669. The van der Waals surface area contributed by atoms with Gasteiger partial charge in [-0.15, -0.1) is 5.10 Å². The molecule has 1 heterocycles. The van der Waals surface area contributed by atoms with E-state index in [0.29, 0.717) is 23.9 Å². The second-order valence-electron chi connectivity index (χ2n) is 5.91. The number of benzene rings is 1. The van der Waals surface area contributed by atoms with Gasteiger partial charge in [0.2, 0.25) is 0 Å². The highest BCUT2D eigenvalue weighted by atomic mass is 16.5. The standard InChI is InChI=1S/C17H23N5O3/c1-4-25-16(23)15-20-14(21-22-15)13(10-11(2)3)19-17(24)18-12-8-6-5-7-9-12/h5-9,11,13H,4,10H2,1-3H3,(H2,18,19,24)(H,20,21,22)/t13-/m1/s1. The number of hydrogen-bond acceptors (Lipinski definition) is 5. The Morgan fingerprint density at radius 3 is 2.60 bits per heavy atom. The number of urea groups is 1. The van der Waals surface area contributed by atoms with Gasteiger partial charge in [-0.05, 0) is 31.4 Å². The number of nitrogens with zero attached hydrogens (tertiary/aromatic N) is 2. The number of esters is 1. The first-order valence-electron chi connectivity index (χ1n) is 8.21. The molecule has 0 radical (unpaired) electrons. The Kier molecular flexibility index (Phi) is 6.50. The smallest absolute Gasteiger partial charge is 0.378 e. The van der Waals surface area contributed by atoms with Crippen molar-refractivity contribution in [2.45, 2.75) is 33.2 Å². The molecule has 8 nitrogen and oxygen atoms in total. The third-order valence-electron chi connectivity index (χ3n) is 3.33. The van der Waals surface area contributed by atoms with Gasteiger partial charge >= 0.3 is 12.0 Å². The van der Waals surface area contributed by atoms with Crippen molar-refractivity contribution in [1.29, 1.82) is 0 Å². The van der Waals surface area contributed by atoms with Crippen LogP contribution in [-0.4, -0.2) is 33.8 Å². The fourth-order valence-corrected chi connectivity index (χ4v) is 2.27. The number of carbonyl (C=O) groups excluding carboxylic acids is 2. The monoisotopic (exact) mass is 345 g/mol. The Balaban J connectivity index is 2.08. The van der Waals surface area contributed by atoms with Crippen molar-refractivity contribution in [3.63, 3.8) is 0 Å². The van der Waals surface area contributed by atoms with E-state index in [-0.39, 0.29) is 18.5 Å². The Hall–Kier alpha value is -2.90. The number of aromatic amines is 1. The van der Waals surface area contributed by atoms with Crippen molar-refractivity contribution < 1.29 is 14.3 Å². The van der Waals surface area contributed by atoms with Crippen molar-refractivity contribution in [3.8, 4) is 0 Å². The van der Waals surface area contributed by atoms with Gasteiger partial charge in [-0.2, -0.15) is 0 Å². The number of nitrogens with one attached hydrogen (secondary N) is 3. The maximum Gasteiger partial charge on any atom is 0.378 e. The fraction of sp³-hybridized carbons (Fsp3) is 0.412. The average molecular weight is 345 g/mol. The van der Waals surface area contributed by atoms with Crippen molar-refractivity contribution in [3.05, 3.63) is 42.0 Å². The van der Waals surface area contributed by atoms with Gasteiger partial charge in [-0.1, -0.05) is 32.0 Å². The first-order valence-corrected chi connectivity index (χ1v) is 8.21. The second-order valence-corrected chi connectivity index (χ2v) is 5.91. The molecule has 2 aromatic rings. The molecule has 0 spiro atoms. The molecule has 0 unspecified atom stereocenters. The van der Waals surface area contributed by atoms with Crippen LogP contribution in [0, 0.1) is 5.92 Å². The summed E-state index contributed by atoms with van der Waals surface area (Å²) in [5.41, 5.74) is 0.688. The number of anilines is 1. The lowest BCUT2D eigenvalue weighted by Gasteiger charge is -2.18. The molecule has 3 N–H and O–H groups in total. The Labute approximate surface area is 146 Å². The highest BCUT2D eigenvalue weighted by Gasteiger charge is 2.22. The molecule has 0 aliphatic heterocycles. The summed E-state index contributed by atoms with van der Waals surface area (Å²) in [7, 11) is 0. The molecule has 0 aliphatic rings. The summed E-state index contributed by atoms with van der Waals surface area (Å²) in [6, 6.07) is 8.38. The molecule has 1 aromatic heterocycles. The minimum atomic E-state index is -0.595. The second kappa shape index (κ2) is 8.81. The van der Waals surface area contributed by atoms with Crippen molar-refractivity contribution >= 4 is 17.7 Å². The van der Waals surface area contributed by atoms with Crippen LogP contribution in [0.2, 0.25) is 0 Å². The molecule has 0 saturated carbocycles. The third-order valence-corrected chi connectivity index (χ3v) is 3.33. The molecular weight excluding hydrogens is 322 g/mol. The maximum absolute atomic E-state index is 12.2. The number of rotatable bonds is 7. The van der Waals surface area contributed by atoms with Crippen LogP contribution in [0.4, 0.5) is 10.5 Å². The summed E-state index contributed by atoms with van der Waals surface area (Å²) < 4.78 is 4.88. The number of aromatic nitrogens is 3. The average Bonchev–Trinajstić information content (AvgIpc) is 3.05. The minimum absolute atomic E-state index is 0.0455. The van der Waals surface area contributed by atoms with Crippen LogP contribution in [0.15, 0.2) is 30.3 Å². The van der Waals surface area contributed by atoms with Gasteiger partial charge in [-0.3, -0.25) is 5.10 Å².